The third kappa shape index (κ3) is 2.73. The van der Waals surface area contributed by atoms with Gasteiger partial charge >= 0.3 is 0 Å². The van der Waals surface area contributed by atoms with Crippen molar-refractivity contribution >= 4 is 0 Å². The van der Waals surface area contributed by atoms with Crippen molar-refractivity contribution in [3.8, 4) is 22.4 Å². The maximum absolute atomic E-state index is 7.53. The van der Waals surface area contributed by atoms with Crippen LogP contribution in [0, 0.1) is 13.8 Å². The van der Waals surface area contributed by atoms with E-state index in [1.165, 1.54) is 11.1 Å². The van der Waals surface area contributed by atoms with Gasteiger partial charge in [-0.2, -0.15) is 0 Å². The van der Waals surface area contributed by atoms with Crippen LogP contribution in [0.2, 0.25) is 0 Å². The third-order valence-corrected chi connectivity index (χ3v) is 3.74. The van der Waals surface area contributed by atoms with Crippen molar-refractivity contribution in [3.05, 3.63) is 78.0 Å². The number of hydrogen-bond acceptors (Lipinski definition) is 0. The zero-order valence-electron chi connectivity index (χ0n) is 15.3. The molecule has 0 bridgehead atoms. The number of nitrogens with zero attached hydrogens (tertiary/aromatic N) is 1. The lowest BCUT2D eigenvalue weighted by atomic mass is 9.98. The normalized spacial score (nSPS) is 13.3. The van der Waals surface area contributed by atoms with Crippen molar-refractivity contribution in [2.24, 2.45) is 7.05 Å². The number of benzene rings is 2. The topological polar surface area (TPSA) is 3.88 Å². The van der Waals surface area contributed by atoms with E-state index in [0.717, 1.165) is 16.8 Å². The Bertz CT molecular complexity index is 868. The van der Waals surface area contributed by atoms with Gasteiger partial charge in [0.2, 0.25) is 5.69 Å². The molecule has 0 N–H and O–H groups in total. The summed E-state index contributed by atoms with van der Waals surface area (Å²) in [6.07, 6.45) is 1.69. The van der Waals surface area contributed by atoms with Crippen molar-refractivity contribution in [3.63, 3.8) is 0 Å². The zero-order valence-corrected chi connectivity index (χ0v) is 12.3. The second-order valence-corrected chi connectivity index (χ2v) is 5.31. The molecule has 1 nitrogen and oxygen atoms in total. The summed E-state index contributed by atoms with van der Waals surface area (Å²) in [5.74, 6) is 0. The quantitative estimate of drug-likeness (QED) is 0.609. The van der Waals surface area contributed by atoms with Gasteiger partial charge in [-0.3, -0.25) is 0 Å². The van der Waals surface area contributed by atoms with Crippen LogP contribution in [-0.2, 0) is 7.05 Å². The summed E-state index contributed by atoms with van der Waals surface area (Å²) in [7, 11) is 1.88. The van der Waals surface area contributed by atoms with Crippen molar-refractivity contribution in [1.29, 1.82) is 0 Å². The molecule has 0 saturated carbocycles. The predicted molar refractivity (Wildman–Crippen MR) is 88.0 cm³/mol. The molecule has 1 aromatic heterocycles. The monoisotopic (exact) mass is 277 g/mol. The SMILES string of the molecule is [2H]C([2H])([2H])c1ccc(-c2ccc(-c3ccccc3)cc2C)[n+](C)c1. The summed E-state index contributed by atoms with van der Waals surface area (Å²) in [6, 6.07) is 20.2. The molecule has 0 spiro atoms. The molecule has 0 saturated heterocycles. The van der Waals surface area contributed by atoms with E-state index in [9.17, 15) is 0 Å². The fourth-order valence-corrected chi connectivity index (χ4v) is 2.65. The maximum atomic E-state index is 7.53. The Morgan fingerprint density at radius 2 is 1.71 bits per heavy atom. The molecule has 0 fully saturated rings. The van der Waals surface area contributed by atoms with E-state index in [1.807, 2.05) is 35.9 Å². The first kappa shape index (κ1) is 10.3. The number of rotatable bonds is 2. The van der Waals surface area contributed by atoms with Crippen LogP contribution in [0.3, 0.4) is 0 Å². The maximum Gasteiger partial charge on any atom is 0.212 e. The Morgan fingerprint density at radius 3 is 2.38 bits per heavy atom. The molecule has 0 aliphatic rings. The molecule has 0 amide bonds. The number of hydrogen-bond donors (Lipinski definition) is 0. The molecule has 3 rings (SSSR count). The van der Waals surface area contributed by atoms with E-state index in [-0.39, 0.29) is 0 Å². The molecule has 1 heterocycles. The van der Waals surface area contributed by atoms with E-state index in [2.05, 4.69) is 37.3 Å². The van der Waals surface area contributed by atoms with Gasteiger partial charge in [-0.15, -0.1) is 0 Å². The summed E-state index contributed by atoms with van der Waals surface area (Å²) in [4.78, 5) is 0. The Kier molecular flexibility index (Phi) is 2.72. The fourth-order valence-electron chi connectivity index (χ4n) is 2.65. The lowest BCUT2D eigenvalue weighted by molar-refractivity contribution is -0.660. The summed E-state index contributed by atoms with van der Waals surface area (Å²) >= 11 is 0. The molecule has 0 unspecified atom stereocenters. The van der Waals surface area contributed by atoms with Gasteiger partial charge in [-0.05, 0) is 42.6 Å². The largest absolute Gasteiger partial charge is 0.212 e. The van der Waals surface area contributed by atoms with Crippen molar-refractivity contribution in [1.82, 2.24) is 0 Å². The van der Waals surface area contributed by atoms with Crippen LogP contribution in [0.4, 0.5) is 0 Å². The highest BCUT2D eigenvalue weighted by Gasteiger charge is 2.12. The lowest BCUT2D eigenvalue weighted by Gasteiger charge is -2.08. The van der Waals surface area contributed by atoms with Crippen molar-refractivity contribution < 1.29 is 8.68 Å². The highest BCUT2D eigenvalue weighted by atomic mass is 14.9. The second-order valence-electron chi connectivity index (χ2n) is 5.31. The zero-order chi connectivity index (χ0) is 17.3. The van der Waals surface area contributed by atoms with Crippen LogP contribution in [0.1, 0.15) is 15.2 Å². The fraction of sp³-hybridized carbons (Fsp3) is 0.150. The third-order valence-electron chi connectivity index (χ3n) is 3.74. The molecule has 0 aliphatic carbocycles. The number of aryl methyl sites for hydroxylation is 3. The molecule has 2 aromatic carbocycles. The summed E-state index contributed by atoms with van der Waals surface area (Å²) in [5, 5.41) is 0. The van der Waals surface area contributed by atoms with Gasteiger partial charge in [0.05, 0.1) is 0 Å². The molecule has 0 aliphatic heterocycles. The van der Waals surface area contributed by atoms with E-state index >= 15 is 0 Å². The van der Waals surface area contributed by atoms with Crippen LogP contribution >= 0.6 is 0 Å². The van der Waals surface area contributed by atoms with Gasteiger partial charge < -0.3 is 0 Å². The average molecular weight is 277 g/mol. The highest BCUT2D eigenvalue weighted by molar-refractivity contribution is 5.70. The molecule has 21 heavy (non-hydrogen) atoms. The minimum absolute atomic E-state index is 0.354. The Hall–Kier alpha value is -2.41. The summed E-state index contributed by atoms with van der Waals surface area (Å²) in [6.45, 7) is 0.00193. The Balaban J connectivity index is 2.02. The van der Waals surface area contributed by atoms with Gasteiger partial charge in [0.1, 0.15) is 7.05 Å². The van der Waals surface area contributed by atoms with Gasteiger partial charge in [0.25, 0.3) is 0 Å². The smallest absolute Gasteiger partial charge is 0.201 e. The van der Waals surface area contributed by atoms with Gasteiger partial charge in [-0.25, -0.2) is 4.57 Å². The number of pyridine rings is 1. The lowest BCUT2D eigenvalue weighted by Crippen LogP contribution is -2.31. The molecule has 0 atom stereocenters. The van der Waals surface area contributed by atoms with Crippen molar-refractivity contribution in [2.45, 2.75) is 13.8 Å². The van der Waals surface area contributed by atoms with E-state index in [1.54, 1.807) is 12.3 Å². The molecular formula is C20H20N+. The average Bonchev–Trinajstić information content (AvgIpc) is 2.55. The first-order chi connectivity index (χ1) is 11.4. The van der Waals surface area contributed by atoms with Crippen LogP contribution in [0.5, 0.6) is 0 Å². The second kappa shape index (κ2) is 5.53. The van der Waals surface area contributed by atoms with Crippen LogP contribution in [-0.4, -0.2) is 0 Å². The van der Waals surface area contributed by atoms with E-state index in [0.29, 0.717) is 5.56 Å². The van der Waals surface area contributed by atoms with Gasteiger partial charge in [-0.1, -0.05) is 42.5 Å². The van der Waals surface area contributed by atoms with Crippen LogP contribution in [0.15, 0.2) is 66.9 Å². The molecule has 1 heteroatoms. The van der Waals surface area contributed by atoms with Crippen LogP contribution < -0.4 is 4.57 Å². The Morgan fingerprint density at radius 1 is 0.905 bits per heavy atom. The highest BCUT2D eigenvalue weighted by Crippen LogP contribution is 2.26. The number of aromatic nitrogens is 1. The van der Waals surface area contributed by atoms with Crippen molar-refractivity contribution in [2.75, 3.05) is 0 Å². The first-order valence-corrected chi connectivity index (χ1v) is 7.03. The van der Waals surface area contributed by atoms with E-state index < -0.39 is 6.85 Å². The minimum atomic E-state index is -2.08. The molecule has 104 valence electrons. The Labute approximate surface area is 130 Å². The van der Waals surface area contributed by atoms with Gasteiger partial charge in [0, 0.05) is 21.3 Å². The molecule has 3 aromatic rings. The van der Waals surface area contributed by atoms with Gasteiger partial charge in [0.15, 0.2) is 6.20 Å². The molecule has 0 radical (unpaired) electrons. The minimum Gasteiger partial charge on any atom is -0.201 e. The molecular weight excluding hydrogens is 254 g/mol. The predicted octanol–water partition coefficient (Wildman–Crippen LogP) is 4.46. The van der Waals surface area contributed by atoms with Crippen LogP contribution in [0.25, 0.3) is 22.4 Å². The summed E-state index contributed by atoms with van der Waals surface area (Å²) in [5.41, 5.74) is 5.99. The standard InChI is InChI=1S/C20H20N/c1-15-9-12-20(21(3)14-15)19-11-10-18(13-16(19)2)17-7-5-4-6-8-17/h4-14H,1-3H3/q+1/i1D3. The first-order valence-electron chi connectivity index (χ1n) is 8.53. The summed E-state index contributed by atoms with van der Waals surface area (Å²) < 4.78 is 24.5. The van der Waals surface area contributed by atoms with E-state index in [4.69, 9.17) is 4.11 Å².